The Labute approximate surface area is 170 Å². The quantitative estimate of drug-likeness (QED) is 0.282. The topological polar surface area (TPSA) is 84.6 Å². The number of carbonyl (C=O) groups excluding carboxylic acids is 1. The number of hydrazone groups is 1. The van der Waals surface area contributed by atoms with Crippen molar-refractivity contribution in [1.82, 2.24) is 5.43 Å². The third-order valence-electron chi connectivity index (χ3n) is 4.33. The molecule has 0 aliphatic rings. The molecule has 4 rings (SSSR count). The lowest BCUT2D eigenvalue weighted by molar-refractivity contribution is -0.384. The van der Waals surface area contributed by atoms with E-state index >= 15 is 0 Å². The molecule has 0 bridgehead atoms. The van der Waals surface area contributed by atoms with Crippen LogP contribution in [0, 0.1) is 10.1 Å². The standard InChI is InChI=1S/C22H15N3O3S/c26-22(21-13-18-12-19(25(27)28)10-11-20(18)29-21)24-23-14-15-6-8-17(9-7-15)16-4-2-1-3-5-16/h1-14H,(H,24,26)/b23-14-. The van der Waals surface area contributed by atoms with Gasteiger partial charge in [0.15, 0.2) is 0 Å². The number of hydrogen-bond acceptors (Lipinski definition) is 5. The highest BCUT2D eigenvalue weighted by Gasteiger charge is 2.12. The molecule has 7 heteroatoms. The first kappa shape index (κ1) is 18.5. The lowest BCUT2D eigenvalue weighted by atomic mass is 10.0. The van der Waals surface area contributed by atoms with Crippen molar-refractivity contribution in [3.8, 4) is 11.1 Å². The molecule has 0 atom stereocenters. The van der Waals surface area contributed by atoms with E-state index in [1.807, 2.05) is 54.6 Å². The van der Waals surface area contributed by atoms with Crippen molar-refractivity contribution in [1.29, 1.82) is 0 Å². The van der Waals surface area contributed by atoms with Gasteiger partial charge in [-0.15, -0.1) is 11.3 Å². The summed E-state index contributed by atoms with van der Waals surface area (Å²) >= 11 is 1.26. The minimum Gasteiger partial charge on any atom is -0.266 e. The van der Waals surface area contributed by atoms with Gasteiger partial charge in [-0.1, -0.05) is 54.6 Å². The highest BCUT2D eigenvalue weighted by Crippen LogP contribution is 2.28. The van der Waals surface area contributed by atoms with Gasteiger partial charge in [0.1, 0.15) is 0 Å². The fourth-order valence-corrected chi connectivity index (χ4v) is 3.80. The Morgan fingerprint density at radius 2 is 1.69 bits per heavy atom. The van der Waals surface area contributed by atoms with Crippen LogP contribution in [0.4, 0.5) is 5.69 Å². The van der Waals surface area contributed by atoms with Crippen LogP contribution in [0.1, 0.15) is 15.2 Å². The van der Waals surface area contributed by atoms with Crippen molar-refractivity contribution in [2.75, 3.05) is 0 Å². The van der Waals surface area contributed by atoms with Gasteiger partial charge in [0.2, 0.25) is 0 Å². The predicted molar refractivity (Wildman–Crippen MR) is 115 cm³/mol. The van der Waals surface area contributed by atoms with Gasteiger partial charge in [0.05, 0.1) is 16.0 Å². The molecule has 1 aromatic heterocycles. The lowest BCUT2D eigenvalue weighted by Crippen LogP contribution is -2.16. The van der Waals surface area contributed by atoms with Crippen LogP contribution in [0.15, 0.2) is 84.0 Å². The Morgan fingerprint density at radius 1 is 0.966 bits per heavy atom. The molecule has 0 saturated heterocycles. The number of carbonyl (C=O) groups is 1. The van der Waals surface area contributed by atoms with Crippen molar-refractivity contribution < 1.29 is 9.72 Å². The second-order valence-corrected chi connectivity index (χ2v) is 7.36. The van der Waals surface area contributed by atoms with Crippen LogP contribution in [0.2, 0.25) is 0 Å². The summed E-state index contributed by atoms with van der Waals surface area (Å²) in [4.78, 5) is 23.2. The van der Waals surface area contributed by atoms with Crippen LogP contribution >= 0.6 is 11.3 Å². The number of hydrogen-bond donors (Lipinski definition) is 1. The van der Waals surface area contributed by atoms with Crippen LogP contribution in [0.25, 0.3) is 21.2 Å². The number of thiophene rings is 1. The zero-order valence-corrected chi connectivity index (χ0v) is 15.9. The van der Waals surface area contributed by atoms with Gasteiger partial charge in [-0.3, -0.25) is 14.9 Å². The van der Waals surface area contributed by atoms with Gasteiger partial charge in [-0.25, -0.2) is 5.43 Å². The van der Waals surface area contributed by atoms with Crippen LogP contribution in [0.5, 0.6) is 0 Å². The number of benzene rings is 3. The summed E-state index contributed by atoms with van der Waals surface area (Å²) in [5, 5.41) is 15.5. The molecule has 0 aliphatic carbocycles. The second kappa shape index (κ2) is 8.04. The van der Waals surface area contributed by atoms with E-state index in [2.05, 4.69) is 10.5 Å². The first-order valence-electron chi connectivity index (χ1n) is 8.77. The molecular formula is C22H15N3O3S. The number of nitrogens with one attached hydrogen (secondary N) is 1. The molecule has 1 N–H and O–H groups in total. The van der Waals surface area contributed by atoms with Crippen molar-refractivity contribution in [2.45, 2.75) is 0 Å². The molecule has 29 heavy (non-hydrogen) atoms. The van der Waals surface area contributed by atoms with Crippen LogP contribution in [-0.4, -0.2) is 17.0 Å². The number of non-ortho nitro benzene ring substituents is 1. The average Bonchev–Trinajstić information content (AvgIpc) is 3.18. The third kappa shape index (κ3) is 4.20. The van der Waals surface area contributed by atoms with E-state index in [0.717, 1.165) is 21.4 Å². The Hall–Kier alpha value is -3.84. The predicted octanol–water partition coefficient (Wildman–Crippen LogP) is 5.24. The highest BCUT2D eigenvalue weighted by atomic mass is 32.1. The largest absolute Gasteiger partial charge is 0.281 e. The lowest BCUT2D eigenvalue weighted by Gasteiger charge is -2.01. The van der Waals surface area contributed by atoms with Crippen molar-refractivity contribution >= 4 is 39.2 Å². The Morgan fingerprint density at radius 3 is 2.41 bits per heavy atom. The van der Waals surface area contributed by atoms with E-state index in [9.17, 15) is 14.9 Å². The van der Waals surface area contributed by atoms with Crippen molar-refractivity contribution in [3.63, 3.8) is 0 Å². The maximum atomic E-state index is 12.3. The molecule has 0 unspecified atom stereocenters. The Kier molecular flexibility index (Phi) is 5.13. The summed E-state index contributed by atoms with van der Waals surface area (Å²) < 4.78 is 0.807. The molecule has 0 spiro atoms. The summed E-state index contributed by atoms with van der Waals surface area (Å²) in [5.74, 6) is -0.356. The highest BCUT2D eigenvalue weighted by molar-refractivity contribution is 7.20. The Bertz CT molecular complexity index is 1220. The number of rotatable bonds is 5. The smallest absolute Gasteiger partial charge is 0.266 e. The van der Waals surface area contributed by atoms with Gasteiger partial charge in [-0.05, 0) is 28.8 Å². The number of nitro benzene ring substituents is 1. The zero-order chi connectivity index (χ0) is 20.2. The monoisotopic (exact) mass is 401 g/mol. The molecule has 0 saturated carbocycles. The first-order valence-corrected chi connectivity index (χ1v) is 9.59. The summed E-state index contributed by atoms with van der Waals surface area (Å²) in [5.41, 5.74) is 5.59. The number of nitro groups is 1. The van der Waals surface area contributed by atoms with Crippen LogP contribution < -0.4 is 5.43 Å². The molecule has 3 aromatic carbocycles. The zero-order valence-electron chi connectivity index (χ0n) is 15.1. The van der Waals surface area contributed by atoms with Crippen molar-refractivity contribution in [2.24, 2.45) is 5.10 Å². The number of nitrogens with zero attached hydrogens (tertiary/aromatic N) is 2. The molecular weight excluding hydrogens is 386 g/mol. The summed E-state index contributed by atoms with van der Waals surface area (Å²) in [7, 11) is 0. The maximum Gasteiger partial charge on any atom is 0.281 e. The van der Waals surface area contributed by atoms with Gasteiger partial charge in [-0.2, -0.15) is 5.10 Å². The fraction of sp³-hybridized carbons (Fsp3) is 0. The Balaban J connectivity index is 1.43. The molecule has 4 aromatic rings. The van der Waals surface area contributed by atoms with Gasteiger partial charge < -0.3 is 0 Å². The molecule has 0 fully saturated rings. The number of amides is 1. The van der Waals surface area contributed by atoms with E-state index in [-0.39, 0.29) is 11.6 Å². The molecule has 142 valence electrons. The van der Waals surface area contributed by atoms with E-state index in [4.69, 9.17) is 0 Å². The van der Waals surface area contributed by atoms with Gasteiger partial charge in [0.25, 0.3) is 11.6 Å². The van der Waals surface area contributed by atoms with Crippen molar-refractivity contribution in [3.05, 3.63) is 99.4 Å². The summed E-state index contributed by atoms with van der Waals surface area (Å²) in [6.45, 7) is 0. The minimum atomic E-state index is -0.454. The molecule has 0 aliphatic heterocycles. The maximum absolute atomic E-state index is 12.3. The first-order chi connectivity index (χ1) is 14.1. The van der Waals surface area contributed by atoms with E-state index in [1.165, 1.54) is 23.5 Å². The van der Waals surface area contributed by atoms with E-state index in [1.54, 1.807) is 18.3 Å². The molecule has 6 nitrogen and oxygen atoms in total. The van der Waals surface area contributed by atoms with Gasteiger partial charge >= 0.3 is 0 Å². The minimum absolute atomic E-state index is 0.000714. The third-order valence-corrected chi connectivity index (χ3v) is 5.45. The average molecular weight is 401 g/mol. The number of fused-ring (bicyclic) bond motifs is 1. The molecule has 1 amide bonds. The summed E-state index contributed by atoms with van der Waals surface area (Å²) in [6, 6.07) is 24.1. The van der Waals surface area contributed by atoms with E-state index in [0.29, 0.717) is 10.3 Å². The van der Waals surface area contributed by atoms with Crippen LogP contribution in [-0.2, 0) is 0 Å². The van der Waals surface area contributed by atoms with Crippen LogP contribution in [0.3, 0.4) is 0 Å². The van der Waals surface area contributed by atoms with E-state index < -0.39 is 4.92 Å². The molecule has 0 radical (unpaired) electrons. The second-order valence-electron chi connectivity index (χ2n) is 6.28. The fourth-order valence-electron chi connectivity index (χ4n) is 2.87. The SMILES string of the molecule is O=C(N/N=C\c1ccc(-c2ccccc2)cc1)c1cc2cc([N+](=O)[O-])ccc2s1. The summed E-state index contributed by atoms with van der Waals surface area (Å²) in [6.07, 6.45) is 1.57. The van der Waals surface area contributed by atoms with Gasteiger partial charge in [0, 0.05) is 22.2 Å². The normalized spacial score (nSPS) is 11.0. The molecule has 1 heterocycles.